The lowest BCUT2D eigenvalue weighted by Gasteiger charge is -2.46. The average molecular weight is 298 g/mol. The highest BCUT2D eigenvalue weighted by Crippen LogP contribution is 2.56. The van der Waals surface area contributed by atoms with Crippen LogP contribution in [0.25, 0.3) is 0 Å². The van der Waals surface area contributed by atoms with Gasteiger partial charge in [0.25, 0.3) is 0 Å². The van der Waals surface area contributed by atoms with E-state index in [-0.39, 0.29) is 4.75 Å². The summed E-state index contributed by atoms with van der Waals surface area (Å²) in [6.45, 7) is 9.98. The monoisotopic (exact) mass is 298 g/mol. The lowest BCUT2D eigenvalue weighted by molar-refractivity contribution is 0.112. The van der Waals surface area contributed by atoms with Crippen molar-refractivity contribution >= 4 is 16.6 Å². The van der Waals surface area contributed by atoms with E-state index in [4.69, 9.17) is 8.92 Å². The molecule has 0 fully saturated rings. The maximum Gasteiger partial charge on any atom is 0.150 e. The quantitative estimate of drug-likeness (QED) is 0.562. The standard InChI is InChI=1S/C16H26O3S/c1-6-20(5,16(2,3)4)19-12-11-18-15-9-7-14(13-17)8-10-15/h7-10,13H,6,11-12H2,1-5H3. The van der Waals surface area contributed by atoms with Gasteiger partial charge in [-0.05, 0) is 36.3 Å². The van der Waals surface area contributed by atoms with E-state index in [1.807, 2.05) is 0 Å². The van der Waals surface area contributed by atoms with Crippen LogP contribution in [0.1, 0.15) is 38.1 Å². The van der Waals surface area contributed by atoms with Gasteiger partial charge in [0.2, 0.25) is 0 Å². The number of rotatable bonds is 7. The molecule has 0 aliphatic carbocycles. The van der Waals surface area contributed by atoms with Gasteiger partial charge >= 0.3 is 0 Å². The van der Waals surface area contributed by atoms with Crippen LogP contribution in [-0.4, -0.2) is 36.3 Å². The third-order valence-corrected chi connectivity index (χ3v) is 7.94. The number of carbonyl (C=O) groups is 1. The zero-order chi connectivity index (χ0) is 15.2. The predicted molar refractivity (Wildman–Crippen MR) is 87.1 cm³/mol. The Balaban J connectivity index is 2.42. The molecule has 1 atom stereocenters. The molecule has 0 aromatic heterocycles. The molecule has 1 rings (SSSR count). The van der Waals surface area contributed by atoms with Crippen LogP contribution >= 0.6 is 10.3 Å². The van der Waals surface area contributed by atoms with E-state index < -0.39 is 10.3 Å². The van der Waals surface area contributed by atoms with E-state index in [2.05, 4.69) is 34.0 Å². The first-order chi connectivity index (χ1) is 9.32. The van der Waals surface area contributed by atoms with Crippen molar-refractivity contribution in [2.24, 2.45) is 0 Å². The lowest BCUT2D eigenvalue weighted by atomic mass is 10.2. The minimum atomic E-state index is -1.08. The highest BCUT2D eigenvalue weighted by atomic mass is 32.3. The highest BCUT2D eigenvalue weighted by molar-refractivity contribution is 8.30. The van der Waals surface area contributed by atoms with E-state index >= 15 is 0 Å². The van der Waals surface area contributed by atoms with Crippen LogP contribution in [0.4, 0.5) is 0 Å². The van der Waals surface area contributed by atoms with Crippen molar-refractivity contribution in [2.75, 3.05) is 25.2 Å². The van der Waals surface area contributed by atoms with Gasteiger partial charge in [0.15, 0.2) is 0 Å². The molecule has 0 aliphatic heterocycles. The van der Waals surface area contributed by atoms with Crippen LogP contribution < -0.4 is 4.74 Å². The van der Waals surface area contributed by atoms with Gasteiger partial charge in [0.05, 0.1) is 6.61 Å². The fourth-order valence-electron chi connectivity index (χ4n) is 1.71. The molecule has 114 valence electrons. The summed E-state index contributed by atoms with van der Waals surface area (Å²) in [7, 11) is -1.08. The van der Waals surface area contributed by atoms with Crippen LogP contribution in [0, 0.1) is 0 Å². The predicted octanol–water partition coefficient (Wildman–Crippen LogP) is 4.06. The van der Waals surface area contributed by atoms with Gasteiger partial charge in [-0.25, -0.2) is 0 Å². The molecule has 0 saturated carbocycles. The Morgan fingerprint density at radius 3 is 2.20 bits per heavy atom. The van der Waals surface area contributed by atoms with Crippen LogP contribution in [0.15, 0.2) is 24.3 Å². The minimum Gasteiger partial charge on any atom is -0.491 e. The third kappa shape index (κ3) is 4.53. The molecule has 0 spiro atoms. The molecule has 4 heteroatoms. The van der Waals surface area contributed by atoms with Gasteiger partial charge in [-0.1, -0.05) is 27.7 Å². The lowest BCUT2D eigenvalue weighted by Crippen LogP contribution is -2.29. The van der Waals surface area contributed by atoms with Gasteiger partial charge in [-0.15, -0.1) is 10.3 Å². The van der Waals surface area contributed by atoms with E-state index in [1.54, 1.807) is 24.3 Å². The van der Waals surface area contributed by atoms with E-state index in [0.29, 0.717) is 18.8 Å². The largest absolute Gasteiger partial charge is 0.491 e. The zero-order valence-corrected chi connectivity index (χ0v) is 14.0. The summed E-state index contributed by atoms with van der Waals surface area (Å²) in [5.41, 5.74) is 0.657. The maximum atomic E-state index is 10.6. The number of aldehydes is 1. The van der Waals surface area contributed by atoms with Gasteiger partial charge in [-0.3, -0.25) is 4.79 Å². The summed E-state index contributed by atoms with van der Waals surface area (Å²) in [6, 6.07) is 7.11. The van der Waals surface area contributed by atoms with Crippen molar-refractivity contribution in [1.82, 2.24) is 0 Å². The van der Waals surface area contributed by atoms with Crippen molar-refractivity contribution in [2.45, 2.75) is 32.4 Å². The van der Waals surface area contributed by atoms with Crippen molar-refractivity contribution in [3.63, 3.8) is 0 Å². The Morgan fingerprint density at radius 1 is 1.15 bits per heavy atom. The molecule has 0 amide bonds. The molecule has 1 aromatic rings. The minimum absolute atomic E-state index is 0.174. The summed E-state index contributed by atoms with van der Waals surface area (Å²) in [6.07, 6.45) is 3.05. The average Bonchev–Trinajstić information content (AvgIpc) is 2.42. The van der Waals surface area contributed by atoms with Crippen LogP contribution in [0.3, 0.4) is 0 Å². The SMILES string of the molecule is CCS(C)(OCCOc1ccc(C=O)cc1)C(C)(C)C. The number of benzene rings is 1. The van der Waals surface area contributed by atoms with E-state index in [0.717, 1.165) is 17.8 Å². The molecule has 0 aliphatic rings. The first-order valence-electron chi connectivity index (χ1n) is 6.90. The molecule has 0 radical (unpaired) electrons. The van der Waals surface area contributed by atoms with E-state index in [9.17, 15) is 4.79 Å². The van der Waals surface area contributed by atoms with Crippen molar-refractivity contribution in [3.8, 4) is 5.75 Å². The molecule has 0 heterocycles. The fraction of sp³-hybridized carbons (Fsp3) is 0.562. The Hall–Kier alpha value is -1.00. The molecule has 1 unspecified atom stereocenters. The van der Waals surface area contributed by atoms with Crippen LogP contribution in [0.2, 0.25) is 0 Å². The van der Waals surface area contributed by atoms with Crippen molar-refractivity contribution < 1.29 is 13.7 Å². The zero-order valence-electron chi connectivity index (χ0n) is 13.1. The summed E-state index contributed by atoms with van der Waals surface area (Å²) in [5.74, 6) is 1.81. The molecule has 0 bridgehead atoms. The first kappa shape index (κ1) is 17.1. The molecular formula is C16H26O3S. The Kier molecular flexibility index (Phi) is 6.08. The smallest absolute Gasteiger partial charge is 0.150 e. The molecule has 20 heavy (non-hydrogen) atoms. The Morgan fingerprint density at radius 2 is 1.75 bits per heavy atom. The number of carbonyl (C=O) groups excluding carboxylic acids is 1. The fourth-order valence-corrected chi connectivity index (χ4v) is 3.54. The summed E-state index contributed by atoms with van der Waals surface area (Å²) in [4.78, 5) is 10.6. The van der Waals surface area contributed by atoms with Gasteiger partial charge in [0, 0.05) is 10.3 Å². The number of hydrogen-bond acceptors (Lipinski definition) is 3. The van der Waals surface area contributed by atoms with Crippen LogP contribution in [0.5, 0.6) is 5.75 Å². The van der Waals surface area contributed by atoms with Crippen molar-refractivity contribution in [1.29, 1.82) is 0 Å². The van der Waals surface area contributed by atoms with Crippen LogP contribution in [-0.2, 0) is 4.18 Å². The molecular weight excluding hydrogens is 272 g/mol. The normalized spacial score (nSPS) is 16.2. The molecule has 1 aromatic carbocycles. The maximum absolute atomic E-state index is 10.6. The summed E-state index contributed by atoms with van der Waals surface area (Å²) < 4.78 is 11.9. The second kappa shape index (κ2) is 7.14. The topological polar surface area (TPSA) is 35.5 Å². The highest BCUT2D eigenvalue weighted by Gasteiger charge is 2.31. The second-order valence-electron chi connectivity index (χ2n) is 5.76. The number of hydrogen-bond donors (Lipinski definition) is 0. The summed E-state index contributed by atoms with van der Waals surface area (Å²) in [5, 5.41) is 0. The van der Waals surface area contributed by atoms with Crippen molar-refractivity contribution in [3.05, 3.63) is 29.8 Å². The first-order valence-corrected chi connectivity index (χ1v) is 9.04. The molecule has 0 saturated heterocycles. The van der Waals surface area contributed by atoms with Gasteiger partial charge in [-0.2, -0.15) is 0 Å². The summed E-state index contributed by atoms with van der Waals surface area (Å²) >= 11 is 0. The Bertz CT molecular complexity index is 422. The van der Waals surface area contributed by atoms with Gasteiger partial charge in [0.1, 0.15) is 18.6 Å². The molecule has 0 N–H and O–H groups in total. The Labute approximate surface area is 124 Å². The molecule has 3 nitrogen and oxygen atoms in total. The second-order valence-corrected chi connectivity index (χ2v) is 9.81. The van der Waals surface area contributed by atoms with E-state index in [1.165, 1.54) is 0 Å². The van der Waals surface area contributed by atoms with Gasteiger partial charge < -0.3 is 8.92 Å². The third-order valence-electron chi connectivity index (χ3n) is 3.56. The number of ether oxygens (including phenoxy) is 1.